The van der Waals surface area contributed by atoms with Gasteiger partial charge in [-0.1, -0.05) is 36.4 Å². The van der Waals surface area contributed by atoms with Gasteiger partial charge in [-0.3, -0.25) is 4.99 Å². The summed E-state index contributed by atoms with van der Waals surface area (Å²) in [5.74, 6) is 1.95. The normalized spacial score (nSPS) is 20.1. The second-order valence-electron chi connectivity index (χ2n) is 8.75. The maximum Gasteiger partial charge on any atom is 0.134 e. The molecule has 0 saturated carbocycles. The van der Waals surface area contributed by atoms with Crippen molar-refractivity contribution in [1.82, 2.24) is 0 Å². The Kier molecular flexibility index (Phi) is 5.89. The summed E-state index contributed by atoms with van der Waals surface area (Å²) in [7, 11) is 3.32. The molecule has 0 saturated heterocycles. The number of hydrogen-bond donors (Lipinski definition) is 0. The molecule has 4 aromatic rings. The molecular formula is C30H24FNO3S. The van der Waals surface area contributed by atoms with Crippen LogP contribution < -0.4 is 14.2 Å². The SMILES string of the molecule is COc1ccc(C2Oc3ccccc3C3=Nc4ccc(F)cc4SC(c4ccc(OC)cc4)C32)cc1. The Hall–Kier alpha value is -3.77. The first-order chi connectivity index (χ1) is 17.6. The first-order valence-corrected chi connectivity index (χ1v) is 12.6. The van der Waals surface area contributed by atoms with Crippen LogP contribution in [0.1, 0.15) is 28.0 Å². The largest absolute Gasteiger partial charge is 0.497 e. The van der Waals surface area contributed by atoms with E-state index in [0.29, 0.717) is 0 Å². The maximum absolute atomic E-state index is 14.4. The van der Waals surface area contributed by atoms with E-state index in [-0.39, 0.29) is 23.1 Å². The Labute approximate surface area is 213 Å². The number of rotatable bonds is 4. The van der Waals surface area contributed by atoms with Crippen molar-refractivity contribution in [3.05, 3.63) is 114 Å². The van der Waals surface area contributed by atoms with Crippen molar-refractivity contribution in [2.75, 3.05) is 14.2 Å². The average molecular weight is 498 g/mol. The van der Waals surface area contributed by atoms with Gasteiger partial charge < -0.3 is 14.2 Å². The molecule has 0 aliphatic carbocycles. The molecule has 2 heterocycles. The topological polar surface area (TPSA) is 40.0 Å². The molecule has 4 aromatic carbocycles. The van der Waals surface area contributed by atoms with Crippen LogP contribution in [0.25, 0.3) is 0 Å². The molecule has 0 amide bonds. The van der Waals surface area contributed by atoms with Crippen LogP contribution in [0.3, 0.4) is 0 Å². The summed E-state index contributed by atoms with van der Waals surface area (Å²) in [6.45, 7) is 0. The van der Waals surface area contributed by atoms with Crippen LogP contribution in [0.5, 0.6) is 17.2 Å². The predicted octanol–water partition coefficient (Wildman–Crippen LogP) is 7.56. The smallest absolute Gasteiger partial charge is 0.134 e. The molecule has 0 spiro atoms. The number of methoxy groups -OCH3 is 2. The number of para-hydroxylation sites is 1. The zero-order valence-corrected chi connectivity index (χ0v) is 20.7. The lowest BCUT2D eigenvalue weighted by Gasteiger charge is -2.38. The third-order valence-electron chi connectivity index (χ3n) is 6.69. The molecule has 2 aliphatic heterocycles. The van der Waals surface area contributed by atoms with Crippen LogP contribution in [0.2, 0.25) is 0 Å². The van der Waals surface area contributed by atoms with E-state index in [1.165, 1.54) is 6.07 Å². The number of fused-ring (bicyclic) bond motifs is 4. The summed E-state index contributed by atoms with van der Waals surface area (Å²) in [5.41, 5.74) is 4.79. The summed E-state index contributed by atoms with van der Waals surface area (Å²) < 4.78 is 31.9. The molecule has 180 valence electrons. The van der Waals surface area contributed by atoms with Crippen LogP contribution in [0.4, 0.5) is 10.1 Å². The average Bonchev–Trinajstić information content (AvgIpc) is 3.10. The number of thioether (sulfide) groups is 1. The van der Waals surface area contributed by atoms with Crippen LogP contribution in [0.15, 0.2) is 101 Å². The zero-order valence-electron chi connectivity index (χ0n) is 19.9. The van der Waals surface area contributed by atoms with E-state index < -0.39 is 0 Å². The number of benzene rings is 4. The fourth-order valence-electron chi connectivity index (χ4n) is 4.90. The highest BCUT2D eigenvalue weighted by molar-refractivity contribution is 7.99. The summed E-state index contributed by atoms with van der Waals surface area (Å²) in [6.07, 6.45) is -0.302. The molecule has 2 aliphatic rings. The number of ether oxygens (including phenoxy) is 3. The molecule has 4 nitrogen and oxygen atoms in total. The van der Waals surface area contributed by atoms with E-state index in [1.807, 2.05) is 54.6 Å². The molecule has 0 N–H and O–H groups in total. The van der Waals surface area contributed by atoms with Gasteiger partial charge in [0.1, 0.15) is 29.2 Å². The lowest BCUT2D eigenvalue weighted by Crippen LogP contribution is -2.35. The first-order valence-electron chi connectivity index (χ1n) is 11.7. The molecule has 36 heavy (non-hydrogen) atoms. The number of aliphatic imine (C=N–C) groups is 1. The fourth-order valence-corrected chi connectivity index (χ4v) is 6.30. The highest BCUT2D eigenvalue weighted by atomic mass is 32.2. The van der Waals surface area contributed by atoms with Crippen molar-refractivity contribution in [3.63, 3.8) is 0 Å². The molecule has 6 heteroatoms. The third-order valence-corrected chi connectivity index (χ3v) is 8.09. The van der Waals surface area contributed by atoms with Crippen molar-refractivity contribution >= 4 is 23.2 Å². The van der Waals surface area contributed by atoms with Crippen LogP contribution in [-0.4, -0.2) is 19.9 Å². The molecule has 6 rings (SSSR count). The highest BCUT2D eigenvalue weighted by Gasteiger charge is 2.44. The second-order valence-corrected chi connectivity index (χ2v) is 9.94. The van der Waals surface area contributed by atoms with Gasteiger partial charge in [0.15, 0.2) is 0 Å². The minimum atomic E-state index is -0.302. The van der Waals surface area contributed by atoms with Gasteiger partial charge in [-0.2, -0.15) is 0 Å². The van der Waals surface area contributed by atoms with Crippen LogP contribution in [-0.2, 0) is 0 Å². The van der Waals surface area contributed by atoms with Gasteiger partial charge in [0.2, 0.25) is 0 Å². The molecule has 0 radical (unpaired) electrons. The number of nitrogens with zero attached hydrogens (tertiary/aromatic N) is 1. The second kappa shape index (κ2) is 9.36. The molecule has 0 fully saturated rings. The molecule has 3 atom stereocenters. The van der Waals surface area contributed by atoms with E-state index in [4.69, 9.17) is 19.2 Å². The summed E-state index contributed by atoms with van der Waals surface area (Å²) in [5, 5.41) is -0.0850. The van der Waals surface area contributed by atoms with Crippen LogP contribution in [0, 0.1) is 11.7 Å². The minimum absolute atomic E-state index is 0.0850. The van der Waals surface area contributed by atoms with Crippen molar-refractivity contribution < 1.29 is 18.6 Å². The predicted molar refractivity (Wildman–Crippen MR) is 140 cm³/mol. The van der Waals surface area contributed by atoms with Crippen molar-refractivity contribution in [2.24, 2.45) is 10.9 Å². The quantitative estimate of drug-likeness (QED) is 0.292. The Morgan fingerprint density at radius 1 is 0.806 bits per heavy atom. The van der Waals surface area contributed by atoms with E-state index >= 15 is 0 Å². The molecular weight excluding hydrogens is 473 g/mol. The van der Waals surface area contributed by atoms with Gasteiger partial charge in [-0.25, -0.2) is 4.39 Å². The number of hydrogen-bond acceptors (Lipinski definition) is 5. The summed E-state index contributed by atoms with van der Waals surface area (Å²) in [6, 6.07) is 28.9. The zero-order chi connectivity index (χ0) is 24.6. The lowest BCUT2D eigenvalue weighted by molar-refractivity contribution is 0.156. The van der Waals surface area contributed by atoms with Gasteiger partial charge in [0.05, 0.1) is 31.5 Å². The van der Waals surface area contributed by atoms with Gasteiger partial charge in [0, 0.05) is 15.7 Å². The van der Waals surface area contributed by atoms with E-state index in [9.17, 15) is 4.39 Å². The standard InChI is InChI=1S/C30H24FNO3S/c1-33-21-12-7-18(8-13-21)29-27-28(23-5-3-4-6-25(23)35-29)32-24-16-11-20(31)17-26(24)36-30(27)19-9-14-22(34-2)15-10-19/h3-17,27,29-30H,1-2H3. The Bertz CT molecular complexity index is 1440. The molecule has 0 aromatic heterocycles. The van der Waals surface area contributed by atoms with Crippen LogP contribution >= 0.6 is 11.8 Å². The van der Waals surface area contributed by atoms with Gasteiger partial charge in [-0.05, 0) is 65.7 Å². The molecule has 3 unspecified atom stereocenters. The van der Waals surface area contributed by atoms with Gasteiger partial charge in [-0.15, -0.1) is 11.8 Å². The monoisotopic (exact) mass is 497 g/mol. The first kappa shape index (κ1) is 22.7. The summed E-state index contributed by atoms with van der Waals surface area (Å²) in [4.78, 5) is 5.97. The van der Waals surface area contributed by atoms with E-state index in [1.54, 1.807) is 38.1 Å². The van der Waals surface area contributed by atoms with E-state index in [2.05, 4.69) is 18.2 Å². The van der Waals surface area contributed by atoms with Crippen molar-refractivity contribution in [2.45, 2.75) is 16.2 Å². The van der Waals surface area contributed by atoms with Gasteiger partial charge >= 0.3 is 0 Å². The minimum Gasteiger partial charge on any atom is -0.497 e. The maximum atomic E-state index is 14.4. The highest BCUT2D eigenvalue weighted by Crippen LogP contribution is 2.55. The Morgan fingerprint density at radius 2 is 1.47 bits per heavy atom. The van der Waals surface area contributed by atoms with Crippen molar-refractivity contribution in [3.8, 4) is 17.2 Å². The molecule has 0 bridgehead atoms. The van der Waals surface area contributed by atoms with Crippen molar-refractivity contribution in [1.29, 1.82) is 0 Å². The number of halogens is 1. The Morgan fingerprint density at radius 3 is 2.17 bits per heavy atom. The lowest BCUT2D eigenvalue weighted by atomic mass is 9.80. The summed E-state index contributed by atoms with van der Waals surface area (Å²) >= 11 is 1.62. The van der Waals surface area contributed by atoms with Gasteiger partial charge in [0.25, 0.3) is 0 Å². The Balaban J connectivity index is 1.58. The fraction of sp³-hybridized carbons (Fsp3) is 0.167. The third kappa shape index (κ3) is 4.01. The van der Waals surface area contributed by atoms with E-state index in [0.717, 1.165) is 50.2 Å².